The van der Waals surface area contributed by atoms with E-state index in [9.17, 15) is 18.5 Å². The third kappa shape index (κ3) is 6.11. The smallest absolute Gasteiger partial charge is 0.289 e. The highest BCUT2D eigenvalue weighted by Gasteiger charge is 2.26. The first kappa shape index (κ1) is 23.5. The van der Waals surface area contributed by atoms with Gasteiger partial charge in [-0.1, -0.05) is 41.9 Å². The molecule has 1 unspecified atom stereocenters. The SMILES string of the molecule is Cl.O=[N+]([O-])c1cc(S(=O)(=O)NC(CN2CCOCC2)c2ccccc2)ccc1Cl. The van der Waals surface area contributed by atoms with Gasteiger partial charge in [-0.15, -0.1) is 12.4 Å². The van der Waals surface area contributed by atoms with E-state index in [4.69, 9.17) is 16.3 Å². The molecule has 0 radical (unpaired) electrons. The van der Waals surface area contributed by atoms with Gasteiger partial charge in [-0.3, -0.25) is 15.0 Å². The van der Waals surface area contributed by atoms with Crippen LogP contribution in [0.5, 0.6) is 0 Å². The molecule has 8 nitrogen and oxygen atoms in total. The van der Waals surface area contributed by atoms with Crippen LogP contribution in [0.15, 0.2) is 53.4 Å². The Morgan fingerprint density at radius 3 is 2.45 bits per heavy atom. The Balaban J connectivity index is 0.00000300. The van der Waals surface area contributed by atoms with Gasteiger partial charge in [0.05, 0.1) is 29.1 Å². The zero-order valence-electron chi connectivity index (χ0n) is 15.4. The Labute approximate surface area is 180 Å². The van der Waals surface area contributed by atoms with Crippen molar-refractivity contribution in [1.82, 2.24) is 9.62 Å². The highest BCUT2D eigenvalue weighted by molar-refractivity contribution is 7.89. The molecule has 0 aliphatic carbocycles. The number of rotatable bonds is 7. The number of halogens is 2. The van der Waals surface area contributed by atoms with Crippen LogP contribution in [-0.2, 0) is 14.8 Å². The van der Waals surface area contributed by atoms with Gasteiger partial charge in [0.2, 0.25) is 10.0 Å². The molecule has 1 aliphatic rings. The van der Waals surface area contributed by atoms with Crippen LogP contribution in [0.3, 0.4) is 0 Å². The standard InChI is InChI=1S/C18H20ClN3O5S.ClH/c19-16-7-6-15(12-18(16)22(23)24)28(25,26)20-17(14-4-2-1-3-5-14)13-21-8-10-27-11-9-21;/h1-7,12,17,20H,8-11,13H2;1H. The molecule has 1 aliphatic heterocycles. The number of morpholine rings is 1. The quantitative estimate of drug-likeness (QED) is 0.502. The minimum Gasteiger partial charge on any atom is -0.379 e. The molecular formula is C18H21Cl2N3O5S. The molecule has 1 atom stereocenters. The van der Waals surface area contributed by atoms with Crippen molar-refractivity contribution in [3.63, 3.8) is 0 Å². The van der Waals surface area contributed by atoms with Crippen molar-refractivity contribution in [3.05, 3.63) is 69.2 Å². The normalized spacial score (nSPS) is 16.0. The lowest BCUT2D eigenvalue weighted by molar-refractivity contribution is -0.384. The van der Waals surface area contributed by atoms with Crippen molar-refractivity contribution in [2.24, 2.45) is 0 Å². The summed E-state index contributed by atoms with van der Waals surface area (Å²) >= 11 is 5.80. The second kappa shape index (κ2) is 10.3. The molecule has 0 aromatic heterocycles. The van der Waals surface area contributed by atoms with Crippen LogP contribution in [0.25, 0.3) is 0 Å². The van der Waals surface area contributed by atoms with E-state index in [-0.39, 0.29) is 22.3 Å². The van der Waals surface area contributed by atoms with Gasteiger partial charge in [-0.05, 0) is 17.7 Å². The highest BCUT2D eigenvalue weighted by atomic mass is 35.5. The third-order valence-corrected chi connectivity index (χ3v) is 6.26. The Hall–Kier alpha value is -1.75. The maximum Gasteiger partial charge on any atom is 0.289 e. The van der Waals surface area contributed by atoms with Crippen molar-refractivity contribution in [1.29, 1.82) is 0 Å². The van der Waals surface area contributed by atoms with E-state index in [1.807, 2.05) is 30.3 Å². The zero-order chi connectivity index (χ0) is 20.1. The minimum absolute atomic E-state index is 0. The van der Waals surface area contributed by atoms with Gasteiger partial charge in [0.15, 0.2) is 0 Å². The number of nitro benzene ring substituents is 1. The van der Waals surface area contributed by atoms with E-state index in [1.54, 1.807) is 0 Å². The van der Waals surface area contributed by atoms with Crippen LogP contribution < -0.4 is 4.72 Å². The van der Waals surface area contributed by atoms with E-state index >= 15 is 0 Å². The molecule has 2 aromatic carbocycles. The topological polar surface area (TPSA) is 102 Å². The van der Waals surface area contributed by atoms with Crippen molar-refractivity contribution in [2.75, 3.05) is 32.8 Å². The molecule has 0 amide bonds. The summed E-state index contributed by atoms with van der Waals surface area (Å²) in [6, 6.07) is 12.1. The van der Waals surface area contributed by atoms with Crippen molar-refractivity contribution in [2.45, 2.75) is 10.9 Å². The minimum atomic E-state index is -4.00. The van der Waals surface area contributed by atoms with Crippen molar-refractivity contribution < 1.29 is 18.1 Å². The summed E-state index contributed by atoms with van der Waals surface area (Å²) in [5, 5.41) is 11.0. The lowest BCUT2D eigenvalue weighted by Gasteiger charge is -2.31. The molecule has 3 rings (SSSR count). The molecule has 158 valence electrons. The molecule has 0 spiro atoms. The van der Waals surface area contributed by atoms with Crippen LogP contribution in [0, 0.1) is 10.1 Å². The number of nitrogens with zero attached hydrogens (tertiary/aromatic N) is 2. The van der Waals surface area contributed by atoms with Crippen LogP contribution in [0.4, 0.5) is 5.69 Å². The Morgan fingerprint density at radius 1 is 1.17 bits per heavy atom. The fraction of sp³-hybridized carbons (Fsp3) is 0.333. The average molecular weight is 462 g/mol. The molecule has 2 aromatic rings. The van der Waals surface area contributed by atoms with E-state index in [0.717, 1.165) is 11.6 Å². The van der Waals surface area contributed by atoms with Gasteiger partial charge in [0, 0.05) is 25.7 Å². The van der Waals surface area contributed by atoms with Gasteiger partial charge in [-0.2, -0.15) is 0 Å². The lowest BCUT2D eigenvalue weighted by Crippen LogP contribution is -2.43. The first-order chi connectivity index (χ1) is 13.4. The summed E-state index contributed by atoms with van der Waals surface area (Å²) < 4.78 is 33.9. The summed E-state index contributed by atoms with van der Waals surface area (Å²) in [5.41, 5.74) is 0.356. The average Bonchev–Trinajstić information content (AvgIpc) is 2.69. The number of sulfonamides is 1. The summed E-state index contributed by atoms with van der Waals surface area (Å²) in [7, 11) is -4.00. The molecular weight excluding hydrogens is 441 g/mol. The number of nitro groups is 1. The first-order valence-corrected chi connectivity index (χ1v) is 10.5. The molecule has 11 heteroatoms. The van der Waals surface area contributed by atoms with Gasteiger partial charge in [-0.25, -0.2) is 13.1 Å². The van der Waals surface area contributed by atoms with Crippen molar-refractivity contribution in [3.8, 4) is 0 Å². The first-order valence-electron chi connectivity index (χ1n) is 8.68. The van der Waals surface area contributed by atoms with Crippen molar-refractivity contribution >= 4 is 39.7 Å². The molecule has 1 saturated heterocycles. The lowest BCUT2D eigenvalue weighted by atomic mass is 10.1. The van der Waals surface area contributed by atoms with Crippen LogP contribution in [0.1, 0.15) is 11.6 Å². The predicted octanol–water partition coefficient (Wildman–Crippen LogP) is 3.02. The van der Waals surface area contributed by atoms with E-state index in [2.05, 4.69) is 9.62 Å². The summed E-state index contributed by atoms with van der Waals surface area (Å²) in [6.45, 7) is 3.06. The van der Waals surface area contributed by atoms with Gasteiger partial charge in [0.1, 0.15) is 5.02 Å². The maximum absolute atomic E-state index is 12.9. The summed E-state index contributed by atoms with van der Waals surface area (Å²) in [6.07, 6.45) is 0. The highest BCUT2D eigenvalue weighted by Crippen LogP contribution is 2.28. The Kier molecular flexibility index (Phi) is 8.38. The third-order valence-electron chi connectivity index (χ3n) is 4.47. The molecule has 1 fully saturated rings. The van der Waals surface area contributed by atoms with E-state index in [0.29, 0.717) is 32.8 Å². The molecule has 1 N–H and O–H groups in total. The number of hydrogen-bond acceptors (Lipinski definition) is 6. The largest absolute Gasteiger partial charge is 0.379 e. The Bertz CT molecular complexity index is 938. The number of benzene rings is 2. The van der Waals surface area contributed by atoms with Crippen LogP contribution >= 0.6 is 24.0 Å². The van der Waals surface area contributed by atoms with Crippen LogP contribution in [0.2, 0.25) is 5.02 Å². The fourth-order valence-corrected chi connectivity index (χ4v) is 4.41. The molecule has 29 heavy (non-hydrogen) atoms. The molecule has 0 saturated carbocycles. The summed E-state index contributed by atoms with van der Waals surface area (Å²) in [5.74, 6) is 0. The number of nitrogens with one attached hydrogen (secondary N) is 1. The Morgan fingerprint density at radius 2 is 1.83 bits per heavy atom. The summed E-state index contributed by atoms with van der Waals surface area (Å²) in [4.78, 5) is 12.3. The predicted molar refractivity (Wildman–Crippen MR) is 112 cm³/mol. The monoisotopic (exact) mass is 461 g/mol. The van der Waals surface area contributed by atoms with Gasteiger partial charge >= 0.3 is 0 Å². The molecule has 0 bridgehead atoms. The fourth-order valence-electron chi connectivity index (χ4n) is 2.99. The van der Waals surface area contributed by atoms with Gasteiger partial charge < -0.3 is 4.74 Å². The molecule has 1 heterocycles. The second-order valence-electron chi connectivity index (χ2n) is 6.37. The van der Waals surface area contributed by atoms with Gasteiger partial charge in [0.25, 0.3) is 5.69 Å². The second-order valence-corrected chi connectivity index (χ2v) is 8.49. The van der Waals surface area contributed by atoms with Crippen LogP contribution in [-0.4, -0.2) is 51.1 Å². The maximum atomic E-state index is 12.9. The van der Waals surface area contributed by atoms with E-state index in [1.165, 1.54) is 12.1 Å². The zero-order valence-corrected chi connectivity index (χ0v) is 17.8. The van der Waals surface area contributed by atoms with E-state index < -0.39 is 26.7 Å². The number of ether oxygens (including phenoxy) is 1. The number of hydrogen-bond donors (Lipinski definition) is 1.